The summed E-state index contributed by atoms with van der Waals surface area (Å²) >= 11 is 0. The van der Waals surface area contributed by atoms with Crippen LogP contribution in [0.1, 0.15) is 44.4 Å². The molecule has 10 heteroatoms. The van der Waals surface area contributed by atoms with Gasteiger partial charge in [-0.25, -0.2) is 13.2 Å². The number of ether oxygens (including phenoxy) is 1. The van der Waals surface area contributed by atoms with Crippen LogP contribution in [0.5, 0.6) is 0 Å². The van der Waals surface area contributed by atoms with Crippen LogP contribution in [0.3, 0.4) is 0 Å². The highest BCUT2D eigenvalue weighted by molar-refractivity contribution is 7.94. The highest BCUT2D eigenvalue weighted by Crippen LogP contribution is 2.17. The van der Waals surface area contributed by atoms with Crippen LogP contribution in [-0.2, 0) is 32.4 Å². The Bertz CT molecular complexity index is 1480. The maximum Gasteiger partial charge on any atom is 0.412 e. The third-order valence-corrected chi connectivity index (χ3v) is 7.68. The first-order chi connectivity index (χ1) is 19.6. The number of nitrogens with one attached hydrogen (secondary N) is 2. The molecule has 9 nitrogen and oxygen atoms in total. The molecule has 2 aromatic carbocycles. The summed E-state index contributed by atoms with van der Waals surface area (Å²) < 4.78 is 30.7. The summed E-state index contributed by atoms with van der Waals surface area (Å²) in [6, 6.07) is 19.9. The number of hydrogen-bond donors (Lipinski definition) is 2. The highest BCUT2D eigenvalue weighted by atomic mass is 32.2. The minimum absolute atomic E-state index is 0.0330. The van der Waals surface area contributed by atoms with Gasteiger partial charge < -0.3 is 14.6 Å². The Morgan fingerprint density at radius 1 is 0.951 bits per heavy atom. The summed E-state index contributed by atoms with van der Waals surface area (Å²) in [5.74, 6) is -0.339. The highest BCUT2D eigenvalue weighted by Gasteiger charge is 2.25. The molecule has 0 aliphatic heterocycles. The van der Waals surface area contributed by atoms with E-state index < -0.39 is 39.5 Å². The van der Waals surface area contributed by atoms with Crippen molar-refractivity contribution in [1.29, 1.82) is 0 Å². The van der Waals surface area contributed by atoms with Gasteiger partial charge in [-0.3, -0.25) is 14.9 Å². The molecule has 0 aliphatic carbocycles. The van der Waals surface area contributed by atoms with Crippen LogP contribution in [-0.4, -0.2) is 36.8 Å². The average molecular weight is 580 g/mol. The second kappa shape index (κ2) is 15.0. The van der Waals surface area contributed by atoms with Crippen molar-refractivity contribution < 1.29 is 22.7 Å². The Labute approximate surface area is 241 Å². The van der Waals surface area contributed by atoms with Gasteiger partial charge in [0.05, 0.1) is 5.75 Å². The molecule has 218 valence electrons. The van der Waals surface area contributed by atoms with E-state index in [2.05, 4.69) is 10.6 Å². The molecule has 2 atom stereocenters. The van der Waals surface area contributed by atoms with E-state index in [1.165, 1.54) is 22.9 Å². The Balaban J connectivity index is 1.87. The van der Waals surface area contributed by atoms with E-state index in [1.807, 2.05) is 74.5 Å². The number of aromatic nitrogens is 1. The molecule has 0 aliphatic rings. The van der Waals surface area contributed by atoms with Crippen LogP contribution in [0.4, 0.5) is 10.5 Å². The van der Waals surface area contributed by atoms with Gasteiger partial charge in [0.25, 0.3) is 5.56 Å². The van der Waals surface area contributed by atoms with Crippen molar-refractivity contribution >= 4 is 27.5 Å². The fourth-order valence-electron chi connectivity index (χ4n) is 4.16. The van der Waals surface area contributed by atoms with Gasteiger partial charge in [0.1, 0.15) is 18.3 Å². The number of sulfone groups is 1. The summed E-state index contributed by atoms with van der Waals surface area (Å²) in [6.45, 7) is 5.53. The predicted molar refractivity (Wildman–Crippen MR) is 160 cm³/mol. The summed E-state index contributed by atoms with van der Waals surface area (Å²) in [7, 11) is -3.39. The quantitative estimate of drug-likeness (QED) is 0.298. The molecule has 0 bridgehead atoms. The number of amides is 2. The molecule has 0 fully saturated rings. The molecule has 3 aromatic rings. The van der Waals surface area contributed by atoms with Crippen molar-refractivity contribution in [2.24, 2.45) is 5.92 Å². The topological polar surface area (TPSA) is 124 Å². The first-order valence-electron chi connectivity index (χ1n) is 13.5. The van der Waals surface area contributed by atoms with Crippen molar-refractivity contribution in [3.8, 4) is 0 Å². The molecule has 0 saturated heterocycles. The lowest BCUT2D eigenvalue weighted by Gasteiger charge is -2.24. The summed E-state index contributed by atoms with van der Waals surface area (Å²) in [4.78, 5) is 39.7. The molecule has 0 radical (unpaired) electrons. The zero-order chi connectivity index (χ0) is 29.8. The van der Waals surface area contributed by atoms with Crippen molar-refractivity contribution in [2.45, 2.75) is 52.3 Å². The van der Waals surface area contributed by atoms with Crippen molar-refractivity contribution in [3.05, 3.63) is 112 Å². The molecule has 0 unspecified atom stereocenters. The van der Waals surface area contributed by atoms with Crippen molar-refractivity contribution in [3.63, 3.8) is 0 Å². The third-order valence-electron chi connectivity index (χ3n) is 6.31. The Hall–Kier alpha value is -4.18. The fourth-order valence-corrected chi connectivity index (χ4v) is 4.78. The number of benzene rings is 2. The molecule has 2 amide bonds. The van der Waals surface area contributed by atoms with Gasteiger partial charge in [-0.2, -0.15) is 0 Å². The fraction of sp³-hybridized carbons (Fsp3) is 0.323. The van der Waals surface area contributed by atoms with Crippen LogP contribution in [0.2, 0.25) is 0 Å². The normalized spacial score (nSPS) is 13.1. The zero-order valence-electron chi connectivity index (χ0n) is 23.5. The molecule has 0 saturated carbocycles. The van der Waals surface area contributed by atoms with E-state index in [-0.39, 0.29) is 30.4 Å². The molecule has 3 rings (SSSR count). The van der Waals surface area contributed by atoms with Crippen molar-refractivity contribution in [1.82, 2.24) is 9.88 Å². The third kappa shape index (κ3) is 10.1. The molecular formula is C31H37N3O6S. The Kier molecular flexibility index (Phi) is 11.5. The minimum Gasteiger partial charge on any atom is -0.444 e. The van der Waals surface area contributed by atoms with Crippen LogP contribution in [0.25, 0.3) is 0 Å². The Morgan fingerprint density at radius 2 is 1.59 bits per heavy atom. The number of hydrogen-bond acceptors (Lipinski definition) is 6. The van der Waals surface area contributed by atoms with E-state index in [4.69, 9.17) is 4.74 Å². The number of carbonyl (C=O) groups is 2. The van der Waals surface area contributed by atoms with E-state index >= 15 is 0 Å². The largest absolute Gasteiger partial charge is 0.444 e. The molecule has 1 heterocycles. The van der Waals surface area contributed by atoms with Crippen LogP contribution in [0, 0.1) is 5.92 Å². The van der Waals surface area contributed by atoms with E-state index in [0.717, 1.165) is 16.5 Å². The van der Waals surface area contributed by atoms with Gasteiger partial charge in [-0.05, 0) is 35.6 Å². The van der Waals surface area contributed by atoms with Gasteiger partial charge in [0.2, 0.25) is 5.91 Å². The van der Waals surface area contributed by atoms with Gasteiger partial charge in [-0.1, -0.05) is 87.5 Å². The summed E-state index contributed by atoms with van der Waals surface area (Å²) in [6.07, 6.45) is 2.88. The standard InChI is InChI=1S/C31H37N3O6S/c1-4-41(38,39)19-17-26(20-23(2)3)32-29(35)28(21-24-12-7-5-8-13-24)34-18-11-16-27(30(34)36)33-31(37)40-22-25-14-9-6-10-15-25/h5-19,23,26,28H,4,20-22H2,1-3H3,(H,32,35)(H,33,37)/b19-17+/t26-,28+/m1/s1. The van der Waals surface area contributed by atoms with Crippen LogP contribution >= 0.6 is 0 Å². The molecule has 41 heavy (non-hydrogen) atoms. The van der Waals surface area contributed by atoms with Gasteiger partial charge in [-0.15, -0.1) is 0 Å². The minimum atomic E-state index is -3.39. The second-order valence-corrected chi connectivity index (χ2v) is 12.2. The first kappa shape index (κ1) is 31.3. The molecule has 1 aromatic heterocycles. The number of rotatable bonds is 13. The second-order valence-electron chi connectivity index (χ2n) is 10.1. The lowest BCUT2D eigenvalue weighted by Crippen LogP contribution is -2.43. The number of nitrogens with zero attached hydrogens (tertiary/aromatic N) is 1. The number of carbonyl (C=O) groups excluding carboxylic acids is 2. The van der Waals surface area contributed by atoms with E-state index in [0.29, 0.717) is 6.42 Å². The maximum absolute atomic E-state index is 13.7. The van der Waals surface area contributed by atoms with Crippen LogP contribution in [0.15, 0.2) is 95.3 Å². The predicted octanol–water partition coefficient (Wildman–Crippen LogP) is 4.86. The molecular weight excluding hydrogens is 542 g/mol. The maximum atomic E-state index is 13.7. The lowest BCUT2D eigenvalue weighted by molar-refractivity contribution is -0.124. The number of anilines is 1. The van der Waals surface area contributed by atoms with Crippen LogP contribution < -0.4 is 16.2 Å². The monoisotopic (exact) mass is 579 g/mol. The Morgan fingerprint density at radius 3 is 2.20 bits per heavy atom. The summed E-state index contributed by atoms with van der Waals surface area (Å²) in [5, 5.41) is 6.54. The molecule has 2 N–H and O–H groups in total. The van der Waals surface area contributed by atoms with Crippen molar-refractivity contribution in [2.75, 3.05) is 11.1 Å². The van der Waals surface area contributed by atoms with Gasteiger partial charge in [0.15, 0.2) is 9.84 Å². The lowest BCUT2D eigenvalue weighted by atomic mass is 10.0. The number of pyridine rings is 1. The first-order valence-corrected chi connectivity index (χ1v) is 15.2. The smallest absolute Gasteiger partial charge is 0.412 e. The van der Waals surface area contributed by atoms with Gasteiger partial charge in [0, 0.05) is 24.1 Å². The van der Waals surface area contributed by atoms with Gasteiger partial charge >= 0.3 is 6.09 Å². The average Bonchev–Trinajstić information content (AvgIpc) is 2.96. The SMILES string of the molecule is CCS(=O)(=O)/C=C/[C@H](CC(C)C)NC(=O)[C@H](Cc1ccccc1)n1cccc(NC(=O)OCc2ccccc2)c1=O. The zero-order valence-corrected chi connectivity index (χ0v) is 24.3. The van der Waals surface area contributed by atoms with E-state index in [9.17, 15) is 22.8 Å². The molecule has 0 spiro atoms. The summed E-state index contributed by atoms with van der Waals surface area (Å²) in [5.41, 5.74) is 1.00. The van der Waals surface area contributed by atoms with E-state index in [1.54, 1.807) is 13.0 Å².